The number of benzene rings is 1. The number of hydrogen-bond acceptors (Lipinski definition) is 1. The molecule has 0 spiro atoms. The van der Waals surface area contributed by atoms with Crippen molar-refractivity contribution in [1.82, 2.24) is 0 Å². The molecule has 1 aromatic rings. The highest BCUT2D eigenvalue weighted by Gasteiger charge is 2.35. The highest BCUT2D eigenvalue weighted by atomic mass is 16.3. The van der Waals surface area contributed by atoms with E-state index in [1.165, 1.54) is 11.1 Å². The van der Waals surface area contributed by atoms with E-state index in [1.807, 2.05) is 0 Å². The molecule has 1 aliphatic rings. The van der Waals surface area contributed by atoms with Gasteiger partial charge in [-0.1, -0.05) is 45.9 Å². The van der Waals surface area contributed by atoms with E-state index in [-0.39, 0.29) is 11.5 Å². The molecule has 0 bridgehead atoms. The van der Waals surface area contributed by atoms with Crippen molar-refractivity contribution in [2.45, 2.75) is 58.0 Å². The third-order valence-corrected chi connectivity index (χ3v) is 4.05. The van der Waals surface area contributed by atoms with Crippen LogP contribution in [0.3, 0.4) is 0 Å². The van der Waals surface area contributed by atoms with E-state index >= 15 is 0 Å². The molecule has 16 heavy (non-hydrogen) atoms. The molecule has 1 nitrogen and oxygen atoms in total. The van der Waals surface area contributed by atoms with Gasteiger partial charge in [-0.25, -0.2) is 0 Å². The van der Waals surface area contributed by atoms with Crippen molar-refractivity contribution in [3.63, 3.8) is 0 Å². The van der Waals surface area contributed by atoms with Crippen molar-refractivity contribution in [1.29, 1.82) is 0 Å². The standard InChI is InChI=1S/C15H22O/c1-5-10(2)11-6-7-13-12(8-11)14(16)9-15(13,3)4/h6-8,10,14,16H,5,9H2,1-4H3/t10?,14-/m1/s1. The molecule has 0 amide bonds. The Morgan fingerprint density at radius 3 is 2.75 bits per heavy atom. The molecule has 0 saturated heterocycles. The quantitative estimate of drug-likeness (QED) is 0.797. The summed E-state index contributed by atoms with van der Waals surface area (Å²) >= 11 is 0. The second kappa shape index (κ2) is 3.89. The molecule has 1 aliphatic carbocycles. The molecule has 1 unspecified atom stereocenters. The highest BCUT2D eigenvalue weighted by molar-refractivity contribution is 5.43. The van der Waals surface area contributed by atoms with Gasteiger partial charge in [-0.15, -0.1) is 0 Å². The first-order chi connectivity index (χ1) is 7.45. The smallest absolute Gasteiger partial charge is 0.0801 e. The Bertz CT molecular complexity index is 392. The van der Waals surface area contributed by atoms with Crippen LogP contribution in [0.4, 0.5) is 0 Å². The maximum Gasteiger partial charge on any atom is 0.0801 e. The van der Waals surface area contributed by atoms with Crippen LogP contribution in [0.2, 0.25) is 0 Å². The summed E-state index contributed by atoms with van der Waals surface area (Å²) in [6.07, 6.45) is 1.74. The predicted octanol–water partition coefficient (Wildman–Crippen LogP) is 3.91. The predicted molar refractivity (Wildman–Crippen MR) is 67.8 cm³/mol. The third-order valence-electron chi connectivity index (χ3n) is 4.05. The minimum Gasteiger partial charge on any atom is -0.388 e. The van der Waals surface area contributed by atoms with Crippen molar-refractivity contribution in [3.05, 3.63) is 34.9 Å². The lowest BCUT2D eigenvalue weighted by Gasteiger charge is -2.19. The molecular formula is C15H22O. The van der Waals surface area contributed by atoms with Crippen molar-refractivity contribution >= 4 is 0 Å². The van der Waals surface area contributed by atoms with Gasteiger partial charge in [0.2, 0.25) is 0 Å². The summed E-state index contributed by atoms with van der Waals surface area (Å²) < 4.78 is 0. The van der Waals surface area contributed by atoms with Gasteiger partial charge in [0.15, 0.2) is 0 Å². The Labute approximate surface area is 98.5 Å². The van der Waals surface area contributed by atoms with E-state index in [9.17, 15) is 5.11 Å². The Hall–Kier alpha value is -0.820. The van der Waals surface area contributed by atoms with Gasteiger partial charge in [-0.3, -0.25) is 0 Å². The van der Waals surface area contributed by atoms with E-state index in [1.54, 1.807) is 0 Å². The summed E-state index contributed by atoms with van der Waals surface area (Å²) in [7, 11) is 0. The van der Waals surface area contributed by atoms with Crippen LogP contribution in [0.25, 0.3) is 0 Å². The Morgan fingerprint density at radius 2 is 2.12 bits per heavy atom. The maximum atomic E-state index is 10.1. The normalized spacial score (nSPS) is 24.2. The van der Waals surface area contributed by atoms with Gasteiger partial charge in [0.25, 0.3) is 0 Å². The Balaban J connectivity index is 2.44. The maximum absolute atomic E-state index is 10.1. The molecule has 2 rings (SSSR count). The van der Waals surface area contributed by atoms with E-state index < -0.39 is 0 Å². The van der Waals surface area contributed by atoms with Crippen LogP contribution in [-0.2, 0) is 5.41 Å². The first-order valence-electron chi connectivity index (χ1n) is 6.28. The van der Waals surface area contributed by atoms with Gasteiger partial charge in [-0.05, 0) is 40.9 Å². The SMILES string of the molecule is CCC(C)c1ccc2c(c1)[C@H](O)CC2(C)C. The molecule has 0 heterocycles. The van der Waals surface area contributed by atoms with E-state index in [4.69, 9.17) is 0 Å². The fraction of sp³-hybridized carbons (Fsp3) is 0.600. The first-order valence-corrected chi connectivity index (χ1v) is 6.28. The largest absolute Gasteiger partial charge is 0.388 e. The van der Waals surface area contributed by atoms with Crippen molar-refractivity contribution in [3.8, 4) is 0 Å². The molecule has 0 saturated carbocycles. The second-order valence-corrected chi connectivity index (χ2v) is 5.76. The van der Waals surface area contributed by atoms with Crippen LogP contribution >= 0.6 is 0 Å². The fourth-order valence-corrected chi connectivity index (χ4v) is 2.72. The van der Waals surface area contributed by atoms with E-state index in [0.29, 0.717) is 5.92 Å². The lowest BCUT2D eigenvalue weighted by atomic mass is 9.85. The Kier molecular flexibility index (Phi) is 2.83. The number of fused-ring (bicyclic) bond motifs is 1. The number of hydrogen-bond donors (Lipinski definition) is 1. The molecule has 0 fully saturated rings. The van der Waals surface area contributed by atoms with Crippen LogP contribution in [0.1, 0.15) is 69.2 Å². The Morgan fingerprint density at radius 1 is 1.44 bits per heavy atom. The molecule has 0 aromatic heterocycles. The summed E-state index contributed by atoms with van der Waals surface area (Å²) in [5.74, 6) is 0.584. The highest BCUT2D eigenvalue weighted by Crippen LogP contribution is 2.45. The average molecular weight is 218 g/mol. The van der Waals surface area contributed by atoms with Crippen molar-refractivity contribution in [2.75, 3.05) is 0 Å². The summed E-state index contributed by atoms with van der Waals surface area (Å²) in [6.45, 7) is 8.88. The lowest BCUT2D eigenvalue weighted by Crippen LogP contribution is -2.12. The lowest BCUT2D eigenvalue weighted by molar-refractivity contribution is 0.161. The topological polar surface area (TPSA) is 20.2 Å². The minimum atomic E-state index is -0.269. The van der Waals surface area contributed by atoms with Crippen LogP contribution in [-0.4, -0.2) is 5.11 Å². The fourth-order valence-electron chi connectivity index (χ4n) is 2.72. The molecule has 2 atom stereocenters. The molecule has 1 heteroatoms. The van der Waals surface area contributed by atoms with Gasteiger partial charge >= 0.3 is 0 Å². The van der Waals surface area contributed by atoms with Crippen molar-refractivity contribution in [2.24, 2.45) is 0 Å². The first kappa shape index (κ1) is 11.7. The molecular weight excluding hydrogens is 196 g/mol. The average Bonchev–Trinajstić information content (AvgIpc) is 2.48. The summed E-state index contributed by atoms with van der Waals surface area (Å²) in [6, 6.07) is 6.66. The zero-order valence-corrected chi connectivity index (χ0v) is 10.7. The van der Waals surface area contributed by atoms with Crippen molar-refractivity contribution < 1.29 is 5.11 Å². The zero-order valence-electron chi connectivity index (χ0n) is 10.7. The van der Waals surface area contributed by atoms with Crippen LogP contribution in [0, 0.1) is 0 Å². The number of aliphatic hydroxyl groups excluding tert-OH is 1. The molecule has 1 N–H and O–H groups in total. The molecule has 1 aromatic carbocycles. The zero-order chi connectivity index (χ0) is 11.9. The van der Waals surface area contributed by atoms with Gasteiger partial charge in [-0.2, -0.15) is 0 Å². The summed E-state index contributed by atoms with van der Waals surface area (Å²) in [4.78, 5) is 0. The summed E-state index contributed by atoms with van der Waals surface area (Å²) in [5, 5.41) is 10.1. The van der Waals surface area contributed by atoms with Crippen LogP contribution in [0.5, 0.6) is 0 Å². The monoisotopic (exact) mass is 218 g/mol. The number of rotatable bonds is 2. The van der Waals surface area contributed by atoms with Gasteiger partial charge in [0, 0.05) is 0 Å². The molecule has 0 radical (unpaired) electrons. The molecule has 88 valence electrons. The van der Waals surface area contributed by atoms with Crippen LogP contribution in [0.15, 0.2) is 18.2 Å². The number of aliphatic hydroxyl groups is 1. The second-order valence-electron chi connectivity index (χ2n) is 5.76. The van der Waals surface area contributed by atoms with Gasteiger partial charge in [0.05, 0.1) is 6.10 Å². The van der Waals surface area contributed by atoms with Crippen LogP contribution < -0.4 is 0 Å². The minimum absolute atomic E-state index is 0.128. The van der Waals surface area contributed by atoms with Gasteiger partial charge in [0.1, 0.15) is 0 Å². The summed E-state index contributed by atoms with van der Waals surface area (Å²) in [5.41, 5.74) is 3.97. The van der Waals surface area contributed by atoms with Gasteiger partial charge < -0.3 is 5.11 Å². The van der Waals surface area contributed by atoms with E-state index in [2.05, 4.69) is 45.9 Å². The third kappa shape index (κ3) is 1.78. The van der Waals surface area contributed by atoms with E-state index in [0.717, 1.165) is 18.4 Å². The molecule has 0 aliphatic heterocycles.